The number of rotatable bonds is 10. The zero-order valence-corrected chi connectivity index (χ0v) is 13.7. The van der Waals surface area contributed by atoms with Gasteiger partial charge in [-0.3, -0.25) is 4.79 Å². The topological polar surface area (TPSA) is 55.1 Å². The molecule has 19 heavy (non-hydrogen) atoms. The first-order valence-electron chi connectivity index (χ1n) is 7.41. The van der Waals surface area contributed by atoms with Crippen LogP contribution in [0.5, 0.6) is 0 Å². The fourth-order valence-corrected chi connectivity index (χ4v) is 2.31. The van der Waals surface area contributed by atoms with Gasteiger partial charge in [-0.1, -0.05) is 65.6 Å². The van der Waals surface area contributed by atoms with Gasteiger partial charge in [-0.2, -0.15) is 0 Å². The van der Waals surface area contributed by atoms with E-state index >= 15 is 0 Å². The molecule has 0 saturated carbocycles. The van der Waals surface area contributed by atoms with Crippen molar-refractivity contribution in [1.82, 2.24) is 5.32 Å². The quantitative estimate of drug-likeness (QED) is 0.478. The molecule has 0 saturated heterocycles. The van der Waals surface area contributed by atoms with Crippen LogP contribution in [0.4, 0.5) is 0 Å². The van der Waals surface area contributed by atoms with E-state index < -0.39 is 0 Å². The first-order valence-corrected chi connectivity index (χ1v) is 7.82. The van der Waals surface area contributed by atoms with Crippen LogP contribution in [-0.4, -0.2) is 17.4 Å². The van der Waals surface area contributed by atoms with Crippen molar-refractivity contribution in [2.24, 2.45) is 17.1 Å². The van der Waals surface area contributed by atoms with Crippen molar-refractivity contribution < 1.29 is 4.79 Å². The Morgan fingerprint density at radius 2 is 1.89 bits per heavy atom. The van der Waals surface area contributed by atoms with Gasteiger partial charge in [-0.05, 0) is 18.3 Å². The third kappa shape index (κ3) is 8.19. The summed E-state index contributed by atoms with van der Waals surface area (Å²) in [5, 5.41) is 3.01. The maximum absolute atomic E-state index is 12.1. The number of nitrogens with one attached hydrogen (secondary N) is 1. The molecule has 0 aliphatic carbocycles. The summed E-state index contributed by atoms with van der Waals surface area (Å²) < 4.78 is 0. The van der Waals surface area contributed by atoms with Crippen LogP contribution in [0.1, 0.15) is 66.2 Å². The molecule has 0 aliphatic heterocycles. The van der Waals surface area contributed by atoms with E-state index in [2.05, 4.69) is 26.1 Å². The van der Waals surface area contributed by atoms with Crippen molar-refractivity contribution in [3.05, 3.63) is 0 Å². The fourth-order valence-electron chi connectivity index (χ4n) is 2.08. The molecule has 4 heteroatoms. The minimum Gasteiger partial charge on any atom is -0.393 e. The molecule has 0 aliphatic rings. The average molecular weight is 286 g/mol. The van der Waals surface area contributed by atoms with Crippen LogP contribution >= 0.6 is 12.2 Å². The van der Waals surface area contributed by atoms with E-state index in [0.29, 0.717) is 11.5 Å². The van der Waals surface area contributed by atoms with Crippen LogP contribution in [0.2, 0.25) is 0 Å². The Kier molecular flexibility index (Phi) is 8.98. The lowest BCUT2D eigenvalue weighted by atomic mass is 9.86. The molecule has 0 radical (unpaired) electrons. The first kappa shape index (κ1) is 18.4. The van der Waals surface area contributed by atoms with Crippen molar-refractivity contribution in [3.63, 3.8) is 0 Å². The van der Waals surface area contributed by atoms with Crippen molar-refractivity contribution in [2.75, 3.05) is 6.54 Å². The zero-order chi connectivity index (χ0) is 14.9. The molecule has 0 spiro atoms. The number of unbranched alkanes of at least 4 members (excludes halogenated alkanes) is 2. The standard InChI is InChI=1S/C15H30N2OS/c1-5-7-8-10-15(3,4)11-17-14(18)12(9-6-2)13(16)19/h12H,5-11H2,1-4H3,(H2,16,19)(H,17,18). The molecule has 0 aromatic carbocycles. The molecule has 1 atom stereocenters. The predicted octanol–water partition coefficient (Wildman–Crippen LogP) is 3.41. The number of hydrogen-bond acceptors (Lipinski definition) is 2. The van der Waals surface area contributed by atoms with Gasteiger partial charge in [0.15, 0.2) is 0 Å². The molecule has 0 aromatic rings. The van der Waals surface area contributed by atoms with Crippen LogP contribution in [0.15, 0.2) is 0 Å². The molecule has 0 bridgehead atoms. The number of nitrogens with two attached hydrogens (primary N) is 1. The minimum atomic E-state index is -0.313. The summed E-state index contributed by atoms with van der Waals surface area (Å²) in [6.45, 7) is 9.31. The Morgan fingerprint density at radius 3 is 2.37 bits per heavy atom. The van der Waals surface area contributed by atoms with Gasteiger partial charge >= 0.3 is 0 Å². The second kappa shape index (κ2) is 9.29. The molecular formula is C15H30N2OS. The van der Waals surface area contributed by atoms with Gasteiger partial charge in [0.25, 0.3) is 0 Å². The summed E-state index contributed by atoms with van der Waals surface area (Å²) in [5.41, 5.74) is 5.77. The van der Waals surface area contributed by atoms with Crippen molar-refractivity contribution in [2.45, 2.75) is 66.2 Å². The third-order valence-electron chi connectivity index (χ3n) is 3.44. The number of amides is 1. The van der Waals surface area contributed by atoms with Gasteiger partial charge in [0.1, 0.15) is 0 Å². The summed E-state index contributed by atoms with van der Waals surface area (Å²) in [7, 11) is 0. The normalized spacial score (nSPS) is 13.1. The maximum atomic E-state index is 12.1. The van der Waals surface area contributed by atoms with Crippen LogP contribution in [-0.2, 0) is 4.79 Å². The lowest BCUT2D eigenvalue weighted by molar-refractivity contribution is -0.123. The molecular weight excluding hydrogens is 256 g/mol. The highest BCUT2D eigenvalue weighted by molar-refractivity contribution is 7.80. The smallest absolute Gasteiger partial charge is 0.229 e. The molecule has 0 heterocycles. The van der Waals surface area contributed by atoms with E-state index in [4.69, 9.17) is 18.0 Å². The van der Waals surface area contributed by atoms with Gasteiger partial charge in [-0.25, -0.2) is 0 Å². The lowest BCUT2D eigenvalue weighted by Gasteiger charge is -2.26. The first-order chi connectivity index (χ1) is 8.84. The van der Waals surface area contributed by atoms with Crippen molar-refractivity contribution in [1.29, 1.82) is 0 Å². The Morgan fingerprint density at radius 1 is 1.26 bits per heavy atom. The fraction of sp³-hybridized carbons (Fsp3) is 0.867. The highest BCUT2D eigenvalue weighted by Gasteiger charge is 2.23. The van der Waals surface area contributed by atoms with E-state index in [9.17, 15) is 4.79 Å². The van der Waals surface area contributed by atoms with Crippen LogP contribution < -0.4 is 11.1 Å². The van der Waals surface area contributed by atoms with Gasteiger partial charge in [0.05, 0.1) is 10.9 Å². The lowest BCUT2D eigenvalue weighted by Crippen LogP contribution is -2.41. The molecule has 3 nitrogen and oxygen atoms in total. The number of carbonyl (C=O) groups excluding carboxylic acids is 1. The number of carbonyl (C=O) groups is 1. The van der Waals surface area contributed by atoms with E-state index in [1.807, 2.05) is 6.92 Å². The Bertz CT molecular complexity index is 290. The third-order valence-corrected chi connectivity index (χ3v) is 3.72. The second-order valence-electron chi connectivity index (χ2n) is 6.08. The van der Waals surface area contributed by atoms with Crippen LogP contribution in [0.3, 0.4) is 0 Å². The zero-order valence-electron chi connectivity index (χ0n) is 12.9. The van der Waals surface area contributed by atoms with E-state index in [1.54, 1.807) is 0 Å². The summed E-state index contributed by atoms with van der Waals surface area (Å²) in [4.78, 5) is 12.4. The van der Waals surface area contributed by atoms with Gasteiger partial charge in [-0.15, -0.1) is 0 Å². The van der Waals surface area contributed by atoms with Gasteiger partial charge < -0.3 is 11.1 Å². The predicted molar refractivity (Wildman–Crippen MR) is 86.1 cm³/mol. The Hall–Kier alpha value is -0.640. The molecule has 1 amide bonds. The SMILES string of the molecule is CCCCCC(C)(C)CNC(=O)C(CCC)C(N)=S. The molecule has 112 valence electrons. The van der Waals surface area contributed by atoms with E-state index in [0.717, 1.165) is 19.3 Å². The summed E-state index contributed by atoms with van der Waals surface area (Å²) in [5.74, 6) is -0.329. The summed E-state index contributed by atoms with van der Waals surface area (Å²) in [6.07, 6.45) is 6.47. The highest BCUT2D eigenvalue weighted by Crippen LogP contribution is 2.23. The minimum absolute atomic E-state index is 0.0158. The van der Waals surface area contributed by atoms with Crippen LogP contribution in [0, 0.1) is 11.3 Å². The largest absolute Gasteiger partial charge is 0.393 e. The molecule has 3 N–H and O–H groups in total. The maximum Gasteiger partial charge on any atom is 0.229 e. The monoisotopic (exact) mass is 286 g/mol. The van der Waals surface area contributed by atoms with Crippen LogP contribution in [0.25, 0.3) is 0 Å². The number of hydrogen-bond donors (Lipinski definition) is 2. The number of thiocarbonyl (C=S) groups is 1. The average Bonchev–Trinajstić information content (AvgIpc) is 2.33. The summed E-state index contributed by atoms with van der Waals surface area (Å²) >= 11 is 4.97. The highest BCUT2D eigenvalue weighted by atomic mass is 32.1. The molecule has 1 unspecified atom stereocenters. The van der Waals surface area contributed by atoms with E-state index in [1.165, 1.54) is 19.3 Å². The van der Waals surface area contributed by atoms with Crippen molar-refractivity contribution in [3.8, 4) is 0 Å². The molecule has 0 fully saturated rings. The molecule has 0 rings (SSSR count). The van der Waals surface area contributed by atoms with E-state index in [-0.39, 0.29) is 17.2 Å². The van der Waals surface area contributed by atoms with Gasteiger partial charge in [0.2, 0.25) is 5.91 Å². The Labute approximate surface area is 123 Å². The summed E-state index contributed by atoms with van der Waals surface area (Å²) in [6, 6.07) is 0. The molecule has 0 aromatic heterocycles. The van der Waals surface area contributed by atoms with Crippen molar-refractivity contribution >= 4 is 23.1 Å². The van der Waals surface area contributed by atoms with Gasteiger partial charge in [0, 0.05) is 6.54 Å². The second-order valence-corrected chi connectivity index (χ2v) is 6.55. The Balaban J connectivity index is 4.21.